The molecule has 0 aliphatic rings. The van der Waals surface area contributed by atoms with E-state index in [4.69, 9.17) is 9.47 Å². The molecule has 0 bridgehead atoms. The third-order valence-electron chi connectivity index (χ3n) is 3.68. The summed E-state index contributed by atoms with van der Waals surface area (Å²) in [6.07, 6.45) is 2.95. The van der Waals surface area contributed by atoms with Crippen LogP contribution in [0.2, 0.25) is 0 Å². The van der Waals surface area contributed by atoms with Crippen LogP contribution in [-0.2, 0) is 4.79 Å². The molecular weight excluding hydrogens is 348 g/mol. The van der Waals surface area contributed by atoms with Gasteiger partial charge in [-0.2, -0.15) is 0 Å². The lowest BCUT2D eigenvalue weighted by atomic mass is 10.0. The summed E-state index contributed by atoms with van der Waals surface area (Å²) in [6.45, 7) is 3.66. The first kappa shape index (κ1) is 20.0. The van der Waals surface area contributed by atoms with Crippen LogP contribution in [0.1, 0.15) is 36.2 Å². The number of ketones is 1. The maximum absolute atomic E-state index is 12.6. The average Bonchev–Trinajstić information content (AvgIpc) is 2.63. The quantitative estimate of drug-likeness (QED) is 0.332. The highest BCUT2D eigenvalue weighted by Gasteiger charge is 2.25. The van der Waals surface area contributed by atoms with Crippen LogP contribution < -0.4 is 9.47 Å². The van der Waals surface area contributed by atoms with E-state index in [2.05, 4.69) is 0 Å². The van der Waals surface area contributed by atoms with Gasteiger partial charge in [0.05, 0.1) is 7.11 Å². The Hall–Kier alpha value is -3.28. The van der Waals surface area contributed by atoms with E-state index in [1.165, 1.54) is 13.2 Å². The second-order valence-corrected chi connectivity index (χ2v) is 6.33. The van der Waals surface area contributed by atoms with Crippen molar-refractivity contribution < 1.29 is 29.3 Å². The molecule has 2 aromatic rings. The molecule has 6 heteroatoms. The van der Waals surface area contributed by atoms with E-state index in [9.17, 15) is 19.8 Å². The molecule has 0 amide bonds. The molecular formula is C21H22O6. The van der Waals surface area contributed by atoms with Gasteiger partial charge in [0, 0.05) is 12.5 Å². The van der Waals surface area contributed by atoms with Crippen LogP contribution in [0, 0.1) is 5.92 Å². The van der Waals surface area contributed by atoms with Gasteiger partial charge in [0.25, 0.3) is 0 Å². The fourth-order valence-electron chi connectivity index (χ4n) is 2.42. The second kappa shape index (κ2) is 8.89. The molecule has 0 fully saturated rings. The molecule has 0 saturated carbocycles. The zero-order valence-electron chi connectivity index (χ0n) is 15.4. The maximum atomic E-state index is 12.6. The van der Waals surface area contributed by atoms with Crippen molar-refractivity contribution in [3.63, 3.8) is 0 Å². The van der Waals surface area contributed by atoms with E-state index in [-0.39, 0.29) is 23.7 Å². The summed E-state index contributed by atoms with van der Waals surface area (Å²) < 4.78 is 10.2. The number of methoxy groups -OCH3 is 1. The highest BCUT2D eigenvalue weighted by atomic mass is 16.5. The second-order valence-electron chi connectivity index (χ2n) is 6.33. The number of carbonyl (C=O) groups is 2. The minimum absolute atomic E-state index is 0.0311. The van der Waals surface area contributed by atoms with Crippen molar-refractivity contribution in [1.82, 2.24) is 0 Å². The smallest absolute Gasteiger partial charge is 0.311 e. The van der Waals surface area contributed by atoms with Crippen molar-refractivity contribution >= 4 is 17.8 Å². The van der Waals surface area contributed by atoms with E-state index in [1.54, 1.807) is 6.08 Å². The summed E-state index contributed by atoms with van der Waals surface area (Å²) in [5.41, 5.74) is 0.599. The van der Waals surface area contributed by atoms with E-state index in [0.29, 0.717) is 0 Å². The molecule has 0 unspecified atom stereocenters. The molecule has 27 heavy (non-hydrogen) atoms. The van der Waals surface area contributed by atoms with Gasteiger partial charge >= 0.3 is 5.97 Å². The molecule has 2 N–H and O–H groups in total. The Kier molecular flexibility index (Phi) is 6.60. The Bertz CT molecular complexity index is 853. The average molecular weight is 370 g/mol. The minimum atomic E-state index is -0.647. The molecule has 6 nitrogen and oxygen atoms in total. The van der Waals surface area contributed by atoms with E-state index >= 15 is 0 Å². The number of aromatic hydroxyl groups is 2. The minimum Gasteiger partial charge on any atom is -0.504 e. The Morgan fingerprint density at radius 3 is 2.41 bits per heavy atom. The van der Waals surface area contributed by atoms with Crippen molar-refractivity contribution in [2.24, 2.45) is 5.92 Å². The van der Waals surface area contributed by atoms with Crippen LogP contribution in [0.5, 0.6) is 23.0 Å². The largest absolute Gasteiger partial charge is 0.504 e. The molecule has 0 aliphatic heterocycles. The molecule has 2 aromatic carbocycles. The SMILES string of the molecule is COc1cc(O)c(OC(=O)CC(C)C)c(O)c1C(=O)C=Cc1ccccc1. The van der Waals surface area contributed by atoms with Crippen molar-refractivity contribution in [2.45, 2.75) is 20.3 Å². The van der Waals surface area contributed by atoms with Gasteiger partial charge in [0.15, 0.2) is 17.3 Å². The summed E-state index contributed by atoms with van der Waals surface area (Å²) in [5, 5.41) is 20.5. The number of rotatable bonds is 7. The van der Waals surface area contributed by atoms with Gasteiger partial charge in [-0.25, -0.2) is 0 Å². The van der Waals surface area contributed by atoms with E-state index < -0.39 is 29.0 Å². The van der Waals surface area contributed by atoms with Gasteiger partial charge in [0.1, 0.15) is 11.3 Å². The number of hydrogen-bond donors (Lipinski definition) is 2. The van der Waals surface area contributed by atoms with Gasteiger partial charge < -0.3 is 19.7 Å². The first-order chi connectivity index (χ1) is 12.8. The predicted octanol–water partition coefficient (Wildman–Crippen LogP) is 3.95. The van der Waals surface area contributed by atoms with Crippen LogP contribution in [0.15, 0.2) is 42.5 Å². The van der Waals surface area contributed by atoms with Crippen LogP contribution in [0.3, 0.4) is 0 Å². The van der Waals surface area contributed by atoms with Crippen molar-refractivity contribution in [2.75, 3.05) is 7.11 Å². The molecule has 0 atom stereocenters. The lowest BCUT2D eigenvalue weighted by Crippen LogP contribution is -2.12. The van der Waals surface area contributed by atoms with Gasteiger partial charge in [0.2, 0.25) is 5.75 Å². The summed E-state index contributed by atoms with van der Waals surface area (Å²) in [4.78, 5) is 24.5. The molecule has 142 valence electrons. The lowest BCUT2D eigenvalue weighted by Gasteiger charge is -2.14. The Morgan fingerprint density at radius 2 is 1.81 bits per heavy atom. The summed E-state index contributed by atoms with van der Waals surface area (Å²) in [7, 11) is 1.30. The van der Waals surface area contributed by atoms with Crippen LogP contribution in [0.4, 0.5) is 0 Å². The van der Waals surface area contributed by atoms with E-state index in [1.807, 2.05) is 44.2 Å². The summed E-state index contributed by atoms with van der Waals surface area (Å²) in [5.74, 6) is -2.78. The molecule has 0 aliphatic carbocycles. The zero-order valence-corrected chi connectivity index (χ0v) is 15.4. The molecule has 0 spiro atoms. The van der Waals surface area contributed by atoms with E-state index in [0.717, 1.165) is 11.6 Å². The monoisotopic (exact) mass is 370 g/mol. The number of allylic oxidation sites excluding steroid dienone is 1. The Labute approximate surface area is 157 Å². The normalized spacial score (nSPS) is 11.0. The maximum Gasteiger partial charge on any atom is 0.311 e. The van der Waals surface area contributed by atoms with Gasteiger partial charge in [-0.3, -0.25) is 9.59 Å². The fourth-order valence-corrected chi connectivity index (χ4v) is 2.42. The molecule has 0 radical (unpaired) electrons. The number of carbonyl (C=O) groups excluding carboxylic acids is 2. The third-order valence-corrected chi connectivity index (χ3v) is 3.68. The van der Waals surface area contributed by atoms with Crippen molar-refractivity contribution in [3.8, 4) is 23.0 Å². The van der Waals surface area contributed by atoms with Crippen LogP contribution in [-0.4, -0.2) is 29.1 Å². The van der Waals surface area contributed by atoms with Gasteiger partial charge in [-0.1, -0.05) is 50.3 Å². The summed E-state index contributed by atoms with van der Waals surface area (Å²) >= 11 is 0. The zero-order chi connectivity index (χ0) is 20.0. The molecule has 0 aromatic heterocycles. The number of esters is 1. The molecule has 0 heterocycles. The van der Waals surface area contributed by atoms with Gasteiger partial charge in [-0.15, -0.1) is 0 Å². The number of phenolic OH excluding ortho intramolecular Hbond substituents is 2. The predicted molar refractivity (Wildman–Crippen MR) is 101 cm³/mol. The Morgan fingerprint density at radius 1 is 1.15 bits per heavy atom. The molecule has 0 saturated heterocycles. The summed E-state index contributed by atoms with van der Waals surface area (Å²) in [6, 6.07) is 10.3. The number of hydrogen-bond acceptors (Lipinski definition) is 6. The Balaban J connectivity index is 2.39. The number of ether oxygens (including phenoxy) is 2. The van der Waals surface area contributed by atoms with Crippen LogP contribution in [0.25, 0.3) is 6.08 Å². The third kappa shape index (κ3) is 5.10. The van der Waals surface area contributed by atoms with Crippen molar-refractivity contribution in [3.05, 3.63) is 53.6 Å². The van der Waals surface area contributed by atoms with Crippen molar-refractivity contribution in [1.29, 1.82) is 0 Å². The standard InChI is InChI=1S/C21H22O6/c1-13(2)11-18(24)27-21-16(23)12-17(26-3)19(20(21)25)15(22)10-9-14-7-5-4-6-8-14/h4-10,12-13,23,25H,11H2,1-3H3. The number of benzene rings is 2. The van der Waals surface area contributed by atoms with Gasteiger partial charge in [-0.05, 0) is 17.6 Å². The number of phenols is 2. The first-order valence-electron chi connectivity index (χ1n) is 8.44. The fraction of sp³-hybridized carbons (Fsp3) is 0.238. The lowest BCUT2D eigenvalue weighted by molar-refractivity contribution is -0.135. The highest BCUT2D eigenvalue weighted by Crippen LogP contribution is 2.44. The topological polar surface area (TPSA) is 93.1 Å². The van der Waals surface area contributed by atoms with Crippen LogP contribution >= 0.6 is 0 Å². The first-order valence-corrected chi connectivity index (χ1v) is 8.44. The molecule has 2 rings (SSSR count). The highest BCUT2D eigenvalue weighted by molar-refractivity contribution is 6.11.